The fourth-order valence-electron chi connectivity index (χ4n) is 2.12. The van der Waals surface area contributed by atoms with E-state index in [9.17, 15) is 19.5 Å². The van der Waals surface area contributed by atoms with Crippen LogP contribution in [0.25, 0.3) is 0 Å². The highest BCUT2D eigenvalue weighted by Crippen LogP contribution is 2.05. The zero-order chi connectivity index (χ0) is 18.8. The molecule has 11 nitrogen and oxygen atoms in total. The number of imidazole rings is 1. The first kappa shape index (κ1) is 20.4. The normalized spacial score (nSPS) is 13.0. The third kappa shape index (κ3) is 7.18. The maximum atomic E-state index is 11.3. The Hall–Kier alpha value is -2.66. The number of carboxylic acids is 2. The van der Waals surface area contributed by atoms with E-state index in [1.165, 1.54) is 17.2 Å². The average Bonchev–Trinajstić information content (AvgIpc) is 3.00. The highest BCUT2D eigenvalue weighted by Gasteiger charge is 2.22. The summed E-state index contributed by atoms with van der Waals surface area (Å²) < 4.78 is 1.36. The van der Waals surface area contributed by atoms with Gasteiger partial charge < -0.3 is 32.4 Å². The number of aromatic nitrogens is 2. The van der Waals surface area contributed by atoms with Crippen LogP contribution < -0.4 is 22.2 Å². The van der Waals surface area contributed by atoms with E-state index in [4.69, 9.17) is 16.6 Å². The number of carbonyl (C=O) groups excluding carboxylic acids is 1. The van der Waals surface area contributed by atoms with Crippen LogP contribution in [0.1, 0.15) is 25.0 Å². The van der Waals surface area contributed by atoms with Gasteiger partial charge in [-0.2, -0.15) is 0 Å². The Morgan fingerprint density at radius 2 is 1.84 bits per heavy atom. The maximum absolute atomic E-state index is 11.3. The molecule has 0 bridgehead atoms. The van der Waals surface area contributed by atoms with Gasteiger partial charge in [-0.15, -0.1) is 0 Å². The molecule has 0 saturated heterocycles. The molecule has 0 saturated carbocycles. The summed E-state index contributed by atoms with van der Waals surface area (Å²) in [6.07, 6.45) is 4.54. The van der Waals surface area contributed by atoms with E-state index in [0.29, 0.717) is 25.1 Å². The van der Waals surface area contributed by atoms with Gasteiger partial charge in [0, 0.05) is 12.6 Å². The number of unbranched alkanes of at least 4 members (excludes halogenated alkanes) is 1. The standard InChI is InChI=1S/C14H24N6O5/c15-4-2-1-3-10(13(22)23)19-20-7-9(17-8-20)5-11(14(24)25)18-12(21)6-16/h7-8,10-11,19H,1-6,15-16H2,(H,18,21)(H,22,23)(H,24,25)/t10-,11-/m0/s1. The number of hydrogen-bond acceptors (Lipinski definition) is 7. The van der Waals surface area contributed by atoms with Gasteiger partial charge in [0.2, 0.25) is 5.91 Å². The third-order valence-corrected chi connectivity index (χ3v) is 3.42. The molecule has 0 aromatic carbocycles. The predicted octanol–water partition coefficient (Wildman–Crippen LogP) is -1.92. The lowest BCUT2D eigenvalue weighted by Crippen LogP contribution is -2.44. The molecule has 0 aliphatic heterocycles. The van der Waals surface area contributed by atoms with Crippen molar-refractivity contribution in [2.45, 2.75) is 37.8 Å². The molecule has 0 unspecified atom stereocenters. The van der Waals surface area contributed by atoms with Crippen molar-refractivity contribution in [1.29, 1.82) is 0 Å². The highest BCUT2D eigenvalue weighted by atomic mass is 16.4. The Bertz CT molecular complexity index is 590. The summed E-state index contributed by atoms with van der Waals surface area (Å²) in [7, 11) is 0. The first-order valence-electron chi connectivity index (χ1n) is 7.81. The molecule has 0 aliphatic rings. The Morgan fingerprint density at radius 3 is 2.40 bits per heavy atom. The molecule has 140 valence electrons. The van der Waals surface area contributed by atoms with Crippen molar-refractivity contribution < 1.29 is 24.6 Å². The van der Waals surface area contributed by atoms with Crippen molar-refractivity contribution in [3.63, 3.8) is 0 Å². The molecule has 1 aromatic heterocycles. The number of nitrogens with two attached hydrogens (primary N) is 2. The summed E-state index contributed by atoms with van der Waals surface area (Å²) in [4.78, 5) is 37.7. The molecule has 1 heterocycles. The van der Waals surface area contributed by atoms with Crippen LogP contribution >= 0.6 is 0 Å². The number of amides is 1. The largest absolute Gasteiger partial charge is 0.480 e. The molecular formula is C14H24N6O5. The van der Waals surface area contributed by atoms with Gasteiger partial charge in [0.1, 0.15) is 18.4 Å². The summed E-state index contributed by atoms with van der Waals surface area (Å²) >= 11 is 0. The molecular weight excluding hydrogens is 332 g/mol. The van der Waals surface area contributed by atoms with Crippen molar-refractivity contribution in [1.82, 2.24) is 15.0 Å². The Labute approximate surface area is 144 Å². The first-order valence-corrected chi connectivity index (χ1v) is 7.81. The Kier molecular flexibility index (Phi) is 8.36. The van der Waals surface area contributed by atoms with E-state index in [0.717, 1.165) is 6.42 Å². The minimum Gasteiger partial charge on any atom is -0.480 e. The Balaban J connectivity index is 2.68. The van der Waals surface area contributed by atoms with Crippen LogP contribution in [0.15, 0.2) is 12.5 Å². The van der Waals surface area contributed by atoms with Crippen LogP contribution in [0.2, 0.25) is 0 Å². The number of nitrogens with zero attached hydrogens (tertiary/aromatic N) is 2. The molecule has 1 amide bonds. The molecule has 25 heavy (non-hydrogen) atoms. The monoisotopic (exact) mass is 356 g/mol. The lowest BCUT2D eigenvalue weighted by atomic mass is 10.1. The van der Waals surface area contributed by atoms with E-state index < -0.39 is 29.9 Å². The average molecular weight is 356 g/mol. The smallest absolute Gasteiger partial charge is 0.327 e. The van der Waals surface area contributed by atoms with Gasteiger partial charge in [-0.25, -0.2) is 14.6 Å². The summed E-state index contributed by atoms with van der Waals surface area (Å²) in [5.74, 6) is -2.81. The van der Waals surface area contributed by atoms with Crippen LogP contribution in [-0.2, 0) is 20.8 Å². The number of carbonyl (C=O) groups is 3. The molecule has 11 heteroatoms. The van der Waals surface area contributed by atoms with Gasteiger partial charge >= 0.3 is 11.9 Å². The number of carboxylic acid groups (broad SMARTS) is 2. The zero-order valence-corrected chi connectivity index (χ0v) is 13.7. The van der Waals surface area contributed by atoms with E-state index in [-0.39, 0.29) is 13.0 Å². The van der Waals surface area contributed by atoms with Gasteiger partial charge in [-0.05, 0) is 25.8 Å². The van der Waals surface area contributed by atoms with E-state index >= 15 is 0 Å². The van der Waals surface area contributed by atoms with Crippen molar-refractivity contribution in [2.24, 2.45) is 11.5 Å². The number of rotatable bonds is 12. The molecule has 0 radical (unpaired) electrons. The van der Waals surface area contributed by atoms with Crippen molar-refractivity contribution >= 4 is 17.8 Å². The van der Waals surface area contributed by atoms with Crippen LogP contribution in [-0.4, -0.2) is 62.9 Å². The fraction of sp³-hybridized carbons (Fsp3) is 0.571. The second kappa shape index (κ2) is 10.3. The summed E-state index contributed by atoms with van der Waals surface area (Å²) in [5, 5.41) is 20.6. The number of hydrogen-bond donors (Lipinski definition) is 6. The number of nitrogens with one attached hydrogen (secondary N) is 2. The van der Waals surface area contributed by atoms with E-state index in [2.05, 4.69) is 15.7 Å². The van der Waals surface area contributed by atoms with E-state index in [1.54, 1.807) is 0 Å². The molecule has 0 spiro atoms. The lowest BCUT2D eigenvalue weighted by molar-refractivity contribution is -0.141. The van der Waals surface area contributed by atoms with Crippen molar-refractivity contribution in [2.75, 3.05) is 18.5 Å². The van der Waals surface area contributed by atoms with Gasteiger partial charge in [0.05, 0.1) is 12.2 Å². The van der Waals surface area contributed by atoms with Crippen LogP contribution in [0.5, 0.6) is 0 Å². The van der Waals surface area contributed by atoms with Crippen molar-refractivity contribution in [3.05, 3.63) is 18.2 Å². The molecule has 2 atom stereocenters. The minimum atomic E-state index is -1.21. The summed E-state index contributed by atoms with van der Waals surface area (Å²) in [5.41, 5.74) is 13.7. The Morgan fingerprint density at radius 1 is 1.16 bits per heavy atom. The number of aliphatic carboxylic acids is 2. The van der Waals surface area contributed by atoms with Crippen LogP contribution in [0.3, 0.4) is 0 Å². The SMILES string of the molecule is NCCCC[C@H](Nn1cnc(C[C@H](NC(=O)CN)C(=O)O)c1)C(=O)O. The second-order valence-corrected chi connectivity index (χ2v) is 5.44. The molecule has 8 N–H and O–H groups in total. The van der Waals surface area contributed by atoms with Crippen molar-refractivity contribution in [3.8, 4) is 0 Å². The third-order valence-electron chi connectivity index (χ3n) is 3.42. The quantitative estimate of drug-likeness (QED) is 0.232. The second-order valence-electron chi connectivity index (χ2n) is 5.44. The lowest BCUT2D eigenvalue weighted by Gasteiger charge is -2.16. The van der Waals surface area contributed by atoms with Gasteiger partial charge in [-0.1, -0.05) is 0 Å². The first-order chi connectivity index (χ1) is 11.9. The fourth-order valence-corrected chi connectivity index (χ4v) is 2.12. The minimum absolute atomic E-state index is 0.0549. The van der Waals surface area contributed by atoms with Gasteiger partial charge in [0.15, 0.2) is 0 Å². The van der Waals surface area contributed by atoms with E-state index in [1.807, 2.05) is 0 Å². The maximum Gasteiger partial charge on any atom is 0.327 e. The molecule has 1 rings (SSSR count). The van der Waals surface area contributed by atoms with Crippen LogP contribution in [0, 0.1) is 0 Å². The highest BCUT2D eigenvalue weighted by molar-refractivity contribution is 5.84. The molecule has 0 aliphatic carbocycles. The van der Waals surface area contributed by atoms with Gasteiger partial charge in [0.25, 0.3) is 0 Å². The van der Waals surface area contributed by atoms with Crippen LogP contribution in [0.4, 0.5) is 0 Å². The molecule has 1 aromatic rings. The topological polar surface area (TPSA) is 186 Å². The summed E-state index contributed by atoms with van der Waals surface area (Å²) in [6.45, 7) is 0.176. The van der Waals surface area contributed by atoms with Gasteiger partial charge in [-0.3, -0.25) is 9.47 Å². The summed E-state index contributed by atoms with van der Waals surface area (Å²) in [6, 6.07) is -1.99. The predicted molar refractivity (Wildman–Crippen MR) is 88.2 cm³/mol. The zero-order valence-electron chi connectivity index (χ0n) is 13.7. The molecule has 0 fully saturated rings.